The summed E-state index contributed by atoms with van der Waals surface area (Å²) >= 11 is 3.35. The molecule has 37 heavy (non-hydrogen) atoms. The number of benzene rings is 2. The minimum atomic E-state index is -0.605. The van der Waals surface area contributed by atoms with E-state index >= 15 is 0 Å². The number of rotatable bonds is 5. The molecule has 0 aliphatic carbocycles. The molecule has 1 aliphatic heterocycles. The maximum absolute atomic E-state index is 13.9. The topological polar surface area (TPSA) is 74.0 Å². The molecule has 186 valence electrons. The number of halogens is 3. The molecule has 5 rings (SSSR count). The lowest BCUT2D eigenvalue weighted by Gasteiger charge is -2.27. The summed E-state index contributed by atoms with van der Waals surface area (Å²) in [6, 6.07) is 14.5. The highest BCUT2D eigenvalue weighted by molar-refractivity contribution is 9.10. The van der Waals surface area contributed by atoms with Gasteiger partial charge in [0.15, 0.2) is 0 Å². The molecule has 3 heterocycles. The zero-order valence-corrected chi connectivity index (χ0v) is 21.3. The Bertz CT molecular complexity index is 1570. The Kier molecular flexibility index (Phi) is 7.12. The normalized spacial score (nSPS) is 13.6. The second kappa shape index (κ2) is 10.6. The van der Waals surface area contributed by atoms with Gasteiger partial charge >= 0.3 is 6.03 Å². The average Bonchev–Trinajstić information content (AvgIpc) is 3.21. The molecule has 0 saturated carbocycles. The molecule has 0 atom stereocenters. The summed E-state index contributed by atoms with van der Waals surface area (Å²) in [6.07, 6.45) is 5.82. The van der Waals surface area contributed by atoms with Crippen LogP contribution in [0.1, 0.15) is 27.9 Å². The van der Waals surface area contributed by atoms with Crippen LogP contribution in [-0.2, 0) is 19.5 Å². The fraction of sp³-hybridized carbons (Fsp3) is 0.179. The van der Waals surface area contributed by atoms with E-state index in [0.717, 1.165) is 28.3 Å². The maximum atomic E-state index is 13.9. The van der Waals surface area contributed by atoms with Crippen molar-refractivity contribution in [1.29, 1.82) is 5.26 Å². The summed E-state index contributed by atoms with van der Waals surface area (Å²) in [5.74, 6) is -1.20. The average molecular weight is 562 g/mol. The van der Waals surface area contributed by atoms with Gasteiger partial charge in [0.1, 0.15) is 16.2 Å². The maximum Gasteiger partial charge on any atom is 0.326 e. The molecule has 4 aromatic rings. The molecular formula is C28H22BrF2N5O. The van der Waals surface area contributed by atoms with E-state index in [2.05, 4.69) is 37.2 Å². The van der Waals surface area contributed by atoms with E-state index in [0.29, 0.717) is 53.8 Å². The van der Waals surface area contributed by atoms with Gasteiger partial charge in [-0.05, 0) is 63.5 Å². The van der Waals surface area contributed by atoms with Crippen molar-refractivity contribution in [2.75, 3.05) is 13.1 Å². The Morgan fingerprint density at radius 2 is 2.05 bits per heavy atom. The van der Waals surface area contributed by atoms with Crippen LogP contribution in [0.15, 0.2) is 65.4 Å². The van der Waals surface area contributed by atoms with Crippen LogP contribution in [0.3, 0.4) is 0 Å². The Balaban J connectivity index is 1.39. The highest BCUT2D eigenvalue weighted by atomic mass is 79.9. The molecule has 9 heteroatoms. The van der Waals surface area contributed by atoms with Crippen molar-refractivity contribution in [2.24, 2.45) is 0 Å². The molecule has 0 spiro atoms. The Hall–Kier alpha value is -3.87. The number of nitrogens with zero attached hydrogens (tertiary/aromatic N) is 4. The number of carbonyl (C=O) groups is 1. The molecule has 1 amide bonds. The zero-order valence-electron chi connectivity index (χ0n) is 19.7. The SMILES string of the molecule is N#Cc1ccc2c3c(n(C(=O)NCc4ccnc(Br)c4)c2c1)CCN(CC=Cc1ccc(F)cc1F)C3. The molecule has 1 aliphatic rings. The molecule has 2 aromatic carbocycles. The van der Waals surface area contributed by atoms with Crippen LogP contribution < -0.4 is 5.32 Å². The fourth-order valence-electron chi connectivity index (χ4n) is 4.65. The first-order valence-corrected chi connectivity index (χ1v) is 12.5. The number of hydrogen-bond donors (Lipinski definition) is 1. The predicted molar refractivity (Wildman–Crippen MR) is 141 cm³/mol. The summed E-state index contributed by atoms with van der Waals surface area (Å²) in [6.45, 7) is 2.21. The van der Waals surface area contributed by atoms with Gasteiger partial charge in [-0.25, -0.2) is 18.6 Å². The summed E-state index contributed by atoms with van der Waals surface area (Å²) in [7, 11) is 0. The molecule has 0 saturated heterocycles. The Morgan fingerprint density at radius 1 is 1.19 bits per heavy atom. The van der Waals surface area contributed by atoms with Gasteiger partial charge in [0, 0.05) is 61.5 Å². The summed E-state index contributed by atoms with van der Waals surface area (Å²) in [5.41, 5.74) is 4.38. The van der Waals surface area contributed by atoms with Crippen LogP contribution in [0.4, 0.5) is 13.6 Å². The van der Waals surface area contributed by atoms with Crippen LogP contribution >= 0.6 is 15.9 Å². The first-order valence-electron chi connectivity index (χ1n) is 11.7. The number of hydrogen-bond acceptors (Lipinski definition) is 4. The monoisotopic (exact) mass is 561 g/mol. The summed E-state index contributed by atoms with van der Waals surface area (Å²) < 4.78 is 29.5. The van der Waals surface area contributed by atoms with Gasteiger partial charge in [0.25, 0.3) is 0 Å². The quantitative estimate of drug-likeness (QED) is 0.313. The highest BCUT2D eigenvalue weighted by Crippen LogP contribution is 2.31. The number of fused-ring (bicyclic) bond motifs is 3. The van der Waals surface area contributed by atoms with Gasteiger partial charge in [-0.1, -0.05) is 18.2 Å². The fourth-order valence-corrected chi connectivity index (χ4v) is 5.06. The lowest BCUT2D eigenvalue weighted by Crippen LogP contribution is -2.34. The molecule has 0 bridgehead atoms. The molecule has 6 nitrogen and oxygen atoms in total. The van der Waals surface area contributed by atoms with E-state index in [1.807, 2.05) is 24.3 Å². The summed E-state index contributed by atoms with van der Waals surface area (Å²) in [5, 5.41) is 13.4. The molecule has 2 aromatic heterocycles. The van der Waals surface area contributed by atoms with Gasteiger partial charge < -0.3 is 5.32 Å². The van der Waals surface area contributed by atoms with Crippen molar-refractivity contribution in [2.45, 2.75) is 19.5 Å². The van der Waals surface area contributed by atoms with E-state index < -0.39 is 11.6 Å². The van der Waals surface area contributed by atoms with E-state index in [4.69, 9.17) is 0 Å². The van der Waals surface area contributed by atoms with Crippen LogP contribution in [-0.4, -0.2) is 33.6 Å². The Labute approximate surface area is 221 Å². The predicted octanol–water partition coefficient (Wildman–Crippen LogP) is 5.78. The Morgan fingerprint density at radius 3 is 2.84 bits per heavy atom. The third kappa shape index (κ3) is 5.31. The molecular weight excluding hydrogens is 540 g/mol. The number of aromatic nitrogens is 2. The number of carbonyl (C=O) groups excluding carboxylic acids is 1. The van der Waals surface area contributed by atoms with Gasteiger partial charge in [-0.15, -0.1) is 0 Å². The van der Waals surface area contributed by atoms with Crippen molar-refractivity contribution in [3.8, 4) is 6.07 Å². The van der Waals surface area contributed by atoms with Gasteiger partial charge in [-0.2, -0.15) is 5.26 Å². The highest BCUT2D eigenvalue weighted by Gasteiger charge is 2.26. The van der Waals surface area contributed by atoms with Crippen LogP contribution in [0, 0.1) is 23.0 Å². The molecule has 1 N–H and O–H groups in total. The van der Waals surface area contributed by atoms with E-state index in [9.17, 15) is 18.8 Å². The van der Waals surface area contributed by atoms with E-state index in [1.165, 1.54) is 12.1 Å². The number of pyridine rings is 1. The van der Waals surface area contributed by atoms with Crippen LogP contribution in [0.5, 0.6) is 0 Å². The number of amides is 1. The van der Waals surface area contributed by atoms with Gasteiger partial charge in [-0.3, -0.25) is 9.47 Å². The second-order valence-electron chi connectivity index (χ2n) is 8.80. The molecule has 0 radical (unpaired) electrons. The summed E-state index contributed by atoms with van der Waals surface area (Å²) in [4.78, 5) is 19.7. The minimum Gasteiger partial charge on any atom is -0.333 e. The standard InChI is InChI=1S/C28H22BrF2N5O/c29-27-13-19(7-9-33-27)16-34-28(37)36-25-8-11-35(10-1-2-20-4-5-21(30)14-24(20)31)17-23(25)22-6-3-18(15-32)12-26(22)36/h1-7,9,12-14H,8,10-11,16-17H2,(H,34,37). The largest absolute Gasteiger partial charge is 0.333 e. The van der Waals surface area contributed by atoms with Gasteiger partial charge in [0.05, 0.1) is 17.1 Å². The van der Waals surface area contributed by atoms with E-state index in [1.54, 1.807) is 29.0 Å². The number of nitriles is 1. The van der Waals surface area contributed by atoms with Crippen molar-refractivity contribution in [1.82, 2.24) is 19.8 Å². The van der Waals surface area contributed by atoms with Crippen molar-refractivity contribution in [3.63, 3.8) is 0 Å². The lowest BCUT2D eigenvalue weighted by atomic mass is 10.0. The molecule has 0 fully saturated rings. The third-order valence-corrected chi connectivity index (χ3v) is 6.85. The van der Waals surface area contributed by atoms with Crippen molar-refractivity contribution < 1.29 is 13.6 Å². The van der Waals surface area contributed by atoms with Gasteiger partial charge in [0.2, 0.25) is 0 Å². The van der Waals surface area contributed by atoms with Crippen molar-refractivity contribution in [3.05, 3.63) is 105 Å². The third-order valence-electron chi connectivity index (χ3n) is 6.42. The first kappa shape index (κ1) is 24.8. The van der Waals surface area contributed by atoms with Crippen LogP contribution in [0.25, 0.3) is 17.0 Å². The first-order chi connectivity index (χ1) is 17.9. The lowest BCUT2D eigenvalue weighted by molar-refractivity contribution is 0.240. The second-order valence-corrected chi connectivity index (χ2v) is 9.62. The molecule has 0 unspecified atom stereocenters. The van der Waals surface area contributed by atoms with Crippen LogP contribution in [0.2, 0.25) is 0 Å². The van der Waals surface area contributed by atoms with Crippen molar-refractivity contribution >= 4 is 38.9 Å². The number of nitrogens with one attached hydrogen (secondary N) is 1. The smallest absolute Gasteiger partial charge is 0.326 e. The minimum absolute atomic E-state index is 0.255. The zero-order chi connectivity index (χ0) is 25.9. The van der Waals surface area contributed by atoms with E-state index in [-0.39, 0.29) is 6.03 Å².